The van der Waals surface area contributed by atoms with E-state index in [2.05, 4.69) is 23.7 Å². The second-order valence-electron chi connectivity index (χ2n) is 7.00. The predicted octanol–water partition coefficient (Wildman–Crippen LogP) is 3.55. The van der Waals surface area contributed by atoms with Gasteiger partial charge in [-0.25, -0.2) is 9.78 Å². The zero-order valence-electron chi connectivity index (χ0n) is 15.9. The first-order valence-corrected chi connectivity index (χ1v) is 9.20. The van der Waals surface area contributed by atoms with Crippen LogP contribution >= 0.6 is 0 Å². The van der Waals surface area contributed by atoms with Crippen LogP contribution in [0.5, 0.6) is 11.6 Å². The standard InChI is InChI=1S/C20H27N3O3/c1-5-22(4)20(24)26-19-9-6-15-12-16(7-8-18(15)21-19)25-17-10-11-23(13-17)14(2)3/h6-9,12,14,17H,5,10-11,13H2,1-4H3. The van der Waals surface area contributed by atoms with Gasteiger partial charge in [-0.05, 0) is 51.5 Å². The molecule has 1 fully saturated rings. The first kappa shape index (κ1) is 18.5. The van der Waals surface area contributed by atoms with E-state index < -0.39 is 6.09 Å². The molecular formula is C20H27N3O3. The number of ether oxygens (including phenoxy) is 2. The van der Waals surface area contributed by atoms with Crippen molar-refractivity contribution in [1.29, 1.82) is 0 Å². The smallest absolute Gasteiger partial charge is 0.416 e. The van der Waals surface area contributed by atoms with E-state index >= 15 is 0 Å². The molecule has 1 amide bonds. The fraction of sp³-hybridized carbons (Fsp3) is 0.500. The molecule has 6 nitrogen and oxygen atoms in total. The van der Waals surface area contributed by atoms with Crippen molar-refractivity contribution in [2.75, 3.05) is 26.7 Å². The minimum atomic E-state index is -0.407. The van der Waals surface area contributed by atoms with Gasteiger partial charge in [0.2, 0.25) is 5.88 Å². The number of carbonyl (C=O) groups is 1. The van der Waals surface area contributed by atoms with Crippen LogP contribution in [0.2, 0.25) is 0 Å². The van der Waals surface area contributed by atoms with E-state index in [-0.39, 0.29) is 6.10 Å². The van der Waals surface area contributed by atoms with Gasteiger partial charge in [-0.1, -0.05) is 0 Å². The van der Waals surface area contributed by atoms with Crippen molar-refractivity contribution >= 4 is 17.0 Å². The highest BCUT2D eigenvalue weighted by Crippen LogP contribution is 2.25. The molecule has 140 valence electrons. The van der Waals surface area contributed by atoms with Crippen LogP contribution < -0.4 is 9.47 Å². The highest BCUT2D eigenvalue weighted by Gasteiger charge is 2.25. The number of fused-ring (bicyclic) bond motifs is 1. The maximum Gasteiger partial charge on any atom is 0.416 e. The summed E-state index contributed by atoms with van der Waals surface area (Å²) in [5.41, 5.74) is 0.775. The number of nitrogens with zero attached hydrogens (tertiary/aromatic N) is 3. The average Bonchev–Trinajstić information content (AvgIpc) is 3.10. The monoisotopic (exact) mass is 357 g/mol. The molecule has 0 bridgehead atoms. The van der Waals surface area contributed by atoms with Gasteiger partial charge in [0.05, 0.1) is 5.52 Å². The van der Waals surface area contributed by atoms with Gasteiger partial charge in [0, 0.05) is 44.2 Å². The van der Waals surface area contributed by atoms with Crippen molar-refractivity contribution in [1.82, 2.24) is 14.8 Å². The Bertz CT molecular complexity index is 778. The number of hydrogen-bond donors (Lipinski definition) is 0. The molecule has 1 saturated heterocycles. The van der Waals surface area contributed by atoms with Crippen LogP contribution in [0, 0.1) is 0 Å². The van der Waals surface area contributed by atoms with Crippen LogP contribution in [0.3, 0.4) is 0 Å². The molecule has 1 atom stereocenters. The van der Waals surface area contributed by atoms with E-state index in [0.717, 1.165) is 36.2 Å². The number of benzene rings is 1. The topological polar surface area (TPSA) is 54.9 Å². The van der Waals surface area contributed by atoms with Gasteiger partial charge in [0.15, 0.2) is 0 Å². The zero-order chi connectivity index (χ0) is 18.7. The summed E-state index contributed by atoms with van der Waals surface area (Å²) >= 11 is 0. The Morgan fingerprint density at radius 2 is 2.15 bits per heavy atom. The molecule has 2 aromatic rings. The predicted molar refractivity (Wildman–Crippen MR) is 102 cm³/mol. The third-order valence-electron chi connectivity index (χ3n) is 4.82. The summed E-state index contributed by atoms with van der Waals surface area (Å²) in [6.07, 6.45) is 0.872. The van der Waals surface area contributed by atoms with Crippen molar-refractivity contribution in [2.45, 2.75) is 39.3 Å². The second-order valence-corrected chi connectivity index (χ2v) is 7.00. The minimum absolute atomic E-state index is 0.229. The molecule has 0 radical (unpaired) electrons. The van der Waals surface area contributed by atoms with Crippen molar-refractivity contribution in [3.8, 4) is 11.6 Å². The summed E-state index contributed by atoms with van der Waals surface area (Å²) in [6, 6.07) is 9.99. The van der Waals surface area contributed by atoms with Gasteiger partial charge < -0.3 is 14.4 Å². The molecule has 2 heterocycles. The quantitative estimate of drug-likeness (QED) is 0.819. The first-order chi connectivity index (χ1) is 12.5. The fourth-order valence-electron chi connectivity index (χ4n) is 3.02. The lowest BCUT2D eigenvalue weighted by Gasteiger charge is -2.20. The Hall–Kier alpha value is -2.34. The third kappa shape index (κ3) is 4.25. The Kier molecular flexibility index (Phi) is 5.61. The van der Waals surface area contributed by atoms with Crippen molar-refractivity contribution in [3.63, 3.8) is 0 Å². The number of amides is 1. The van der Waals surface area contributed by atoms with Crippen LogP contribution in [0.4, 0.5) is 4.79 Å². The largest absolute Gasteiger partial charge is 0.489 e. The molecule has 0 saturated carbocycles. The van der Waals surface area contributed by atoms with E-state index in [0.29, 0.717) is 18.5 Å². The van der Waals surface area contributed by atoms with Crippen LogP contribution in [-0.2, 0) is 0 Å². The van der Waals surface area contributed by atoms with Gasteiger partial charge in [-0.3, -0.25) is 4.90 Å². The van der Waals surface area contributed by atoms with Gasteiger partial charge >= 0.3 is 6.09 Å². The molecule has 1 aromatic heterocycles. The maximum absolute atomic E-state index is 11.8. The fourth-order valence-corrected chi connectivity index (χ4v) is 3.02. The molecule has 1 aliphatic rings. The third-order valence-corrected chi connectivity index (χ3v) is 4.82. The molecule has 1 aromatic carbocycles. The molecule has 3 rings (SSSR count). The van der Waals surface area contributed by atoms with E-state index in [1.165, 1.54) is 4.90 Å². The van der Waals surface area contributed by atoms with E-state index in [4.69, 9.17) is 9.47 Å². The molecule has 0 spiro atoms. The highest BCUT2D eigenvalue weighted by molar-refractivity contribution is 5.81. The number of aromatic nitrogens is 1. The second kappa shape index (κ2) is 7.91. The average molecular weight is 357 g/mol. The van der Waals surface area contributed by atoms with Gasteiger partial charge in [0.25, 0.3) is 0 Å². The Balaban J connectivity index is 1.68. The van der Waals surface area contributed by atoms with Crippen molar-refractivity contribution < 1.29 is 14.3 Å². The maximum atomic E-state index is 11.8. The summed E-state index contributed by atoms with van der Waals surface area (Å²) in [4.78, 5) is 20.2. The van der Waals surface area contributed by atoms with Crippen LogP contribution in [0.25, 0.3) is 10.9 Å². The normalized spacial score (nSPS) is 17.7. The molecule has 1 aliphatic heterocycles. The molecule has 0 aliphatic carbocycles. The SMILES string of the molecule is CCN(C)C(=O)Oc1ccc2cc(OC3CCN(C(C)C)C3)ccc2n1. The van der Waals surface area contributed by atoms with Crippen molar-refractivity contribution in [2.24, 2.45) is 0 Å². The highest BCUT2D eigenvalue weighted by atomic mass is 16.6. The lowest BCUT2D eigenvalue weighted by molar-refractivity contribution is 0.163. The van der Waals surface area contributed by atoms with Crippen molar-refractivity contribution in [3.05, 3.63) is 30.3 Å². The number of hydrogen-bond acceptors (Lipinski definition) is 5. The number of pyridine rings is 1. The molecular weight excluding hydrogens is 330 g/mol. The van der Waals surface area contributed by atoms with Gasteiger partial charge in [0.1, 0.15) is 11.9 Å². The van der Waals surface area contributed by atoms with E-state index in [9.17, 15) is 4.79 Å². The number of rotatable bonds is 5. The molecule has 1 unspecified atom stereocenters. The Morgan fingerprint density at radius 3 is 2.85 bits per heavy atom. The molecule has 6 heteroatoms. The summed E-state index contributed by atoms with van der Waals surface area (Å²) in [5, 5.41) is 0.963. The number of likely N-dealkylation sites (tertiary alicyclic amines) is 1. The Morgan fingerprint density at radius 1 is 1.35 bits per heavy atom. The van der Waals surface area contributed by atoms with E-state index in [1.54, 1.807) is 13.1 Å². The minimum Gasteiger partial charge on any atom is -0.489 e. The van der Waals surface area contributed by atoms with Crippen LogP contribution in [0.1, 0.15) is 27.2 Å². The first-order valence-electron chi connectivity index (χ1n) is 9.20. The van der Waals surface area contributed by atoms with Crippen LogP contribution in [0.15, 0.2) is 30.3 Å². The van der Waals surface area contributed by atoms with Crippen LogP contribution in [-0.4, -0.2) is 59.7 Å². The summed E-state index contributed by atoms with van der Waals surface area (Å²) in [7, 11) is 1.69. The summed E-state index contributed by atoms with van der Waals surface area (Å²) < 4.78 is 11.4. The van der Waals surface area contributed by atoms with Gasteiger partial charge in [-0.2, -0.15) is 0 Å². The summed E-state index contributed by atoms with van der Waals surface area (Å²) in [5.74, 6) is 1.16. The lowest BCUT2D eigenvalue weighted by Crippen LogP contribution is -2.30. The lowest BCUT2D eigenvalue weighted by atomic mass is 10.2. The molecule has 26 heavy (non-hydrogen) atoms. The zero-order valence-corrected chi connectivity index (χ0v) is 15.9. The Labute approximate surface area is 154 Å². The van der Waals surface area contributed by atoms with E-state index in [1.807, 2.05) is 31.2 Å². The summed E-state index contributed by atoms with van der Waals surface area (Å²) in [6.45, 7) is 8.95. The van der Waals surface area contributed by atoms with Gasteiger partial charge in [-0.15, -0.1) is 0 Å². The number of carbonyl (C=O) groups excluding carboxylic acids is 1. The molecule has 0 N–H and O–H groups in total.